The second-order valence-electron chi connectivity index (χ2n) is 10.5. The first-order chi connectivity index (χ1) is 17.9. The van der Waals surface area contributed by atoms with Crippen LogP contribution in [0, 0.1) is 5.82 Å². The second-order valence-corrected chi connectivity index (χ2v) is 10.5. The van der Waals surface area contributed by atoms with E-state index in [2.05, 4.69) is 90.8 Å². The van der Waals surface area contributed by atoms with Crippen LogP contribution in [0.2, 0.25) is 0 Å². The predicted molar refractivity (Wildman–Crippen MR) is 148 cm³/mol. The van der Waals surface area contributed by atoms with Crippen molar-refractivity contribution in [2.24, 2.45) is 0 Å². The Labute approximate surface area is 217 Å². The number of aryl methyl sites for hydroxylation is 2. The van der Waals surface area contributed by atoms with Crippen molar-refractivity contribution < 1.29 is 4.39 Å². The molecule has 37 heavy (non-hydrogen) atoms. The van der Waals surface area contributed by atoms with Gasteiger partial charge in [0.25, 0.3) is 0 Å². The molecule has 5 heteroatoms. The normalized spacial score (nSPS) is 14.9. The van der Waals surface area contributed by atoms with Gasteiger partial charge < -0.3 is 4.98 Å². The molecule has 0 atom stereocenters. The lowest BCUT2D eigenvalue weighted by Crippen LogP contribution is -2.35. The average Bonchev–Trinajstić information content (AvgIpc) is 3.60. The highest BCUT2D eigenvalue weighted by molar-refractivity contribution is 5.96. The van der Waals surface area contributed by atoms with Crippen molar-refractivity contribution in [2.45, 2.75) is 59.2 Å². The number of hydrogen-bond donors (Lipinski definition) is 1. The first-order valence-corrected chi connectivity index (χ1v) is 13.2. The van der Waals surface area contributed by atoms with E-state index in [-0.39, 0.29) is 11.4 Å². The van der Waals surface area contributed by atoms with Crippen molar-refractivity contribution in [3.8, 4) is 16.9 Å². The van der Waals surface area contributed by atoms with Crippen molar-refractivity contribution in [3.05, 3.63) is 107 Å². The second kappa shape index (κ2) is 9.00. The van der Waals surface area contributed by atoms with E-state index < -0.39 is 0 Å². The number of fused-ring (bicyclic) bond motifs is 2. The molecule has 5 aromatic rings. The van der Waals surface area contributed by atoms with Crippen molar-refractivity contribution in [1.29, 1.82) is 0 Å². The van der Waals surface area contributed by atoms with Crippen molar-refractivity contribution in [3.63, 3.8) is 0 Å². The fraction of sp³-hybridized carbons (Fsp3) is 0.281. The van der Waals surface area contributed by atoms with Gasteiger partial charge in [-0.25, -0.2) is 9.07 Å². The van der Waals surface area contributed by atoms with Crippen LogP contribution in [0.5, 0.6) is 0 Å². The fourth-order valence-corrected chi connectivity index (χ4v) is 5.94. The number of halogens is 1. The highest BCUT2D eigenvalue weighted by Gasteiger charge is 2.43. The van der Waals surface area contributed by atoms with Crippen molar-refractivity contribution >= 4 is 10.9 Å². The topological polar surface area (TPSA) is 36.9 Å². The zero-order valence-electron chi connectivity index (χ0n) is 22.0. The van der Waals surface area contributed by atoms with Crippen LogP contribution in [0.3, 0.4) is 0 Å². The van der Waals surface area contributed by atoms with E-state index in [1.165, 1.54) is 22.3 Å². The molecular formula is C32H33FN4. The van der Waals surface area contributed by atoms with Gasteiger partial charge in [-0.2, -0.15) is 5.10 Å². The van der Waals surface area contributed by atoms with Gasteiger partial charge in [-0.1, -0.05) is 62.4 Å². The highest BCUT2D eigenvalue weighted by Crippen LogP contribution is 2.46. The molecule has 0 aliphatic carbocycles. The summed E-state index contributed by atoms with van der Waals surface area (Å²) in [6.07, 6.45) is 3.65. The average molecular weight is 493 g/mol. The zero-order valence-corrected chi connectivity index (χ0v) is 22.0. The molecule has 188 valence electrons. The Bertz CT molecular complexity index is 1570. The summed E-state index contributed by atoms with van der Waals surface area (Å²) in [7, 11) is 0. The fourth-order valence-electron chi connectivity index (χ4n) is 5.94. The Hall–Kier alpha value is -3.70. The molecule has 3 aromatic carbocycles. The van der Waals surface area contributed by atoms with E-state index in [0.29, 0.717) is 5.52 Å². The van der Waals surface area contributed by atoms with Crippen LogP contribution in [-0.4, -0.2) is 19.7 Å². The van der Waals surface area contributed by atoms with Gasteiger partial charge in [0, 0.05) is 35.8 Å². The van der Waals surface area contributed by atoms with Gasteiger partial charge in [0.15, 0.2) is 0 Å². The molecule has 1 aliphatic heterocycles. The number of benzene rings is 3. The molecule has 0 unspecified atom stereocenters. The zero-order chi connectivity index (χ0) is 25.7. The lowest BCUT2D eigenvalue weighted by molar-refractivity contribution is 0.123. The van der Waals surface area contributed by atoms with Gasteiger partial charge in [0.1, 0.15) is 5.82 Å². The summed E-state index contributed by atoms with van der Waals surface area (Å²) in [5, 5.41) is 6.27. The SMILES string of the molecule is CCc1cccc(CC)c1-n1nc2c(c1-c1ccc(F)c3[nH]ccc13)CN(Cc1ccccc1)C2(C)C. The van der Waals surface area contributed by atoms with E-state index in [4.69, 9.17) is 5.10 Å². The highest BCUT2D eigenvalue weighted by atomic mass is 19.1. The largest absolute Gasteiger partial charge is 0.359 e. The molecule has 4 nitrogen and oxygen atoms in total. The van der Waals surface area contributed by atoms with Crippen molar-refractivity contribution in [1.82, 2.24) is 19.7 Å². The Kier molecular flexibility index (Phi) is 5.76. The van der Waals surface area contributed by atoms with Gasteiger partial charge >= 0.3 is 0 Å². The maximum absolute atomic E-state index is 14.7. The molecule has 3 heterocycles. The standard InChI is InChI=1S/C32H33FN4/c1-5-22-13-10-14-23(6-2)29(22)37-30(25-15-16-27(33)28-24(25)17-18-34-28)26-20-36(32(3,4)31(26)35-37)19-21-11-8-7-9-12-21/h7-18,34H,5-6,19-20H2,1-4H3. The molecule has 1 N–H and O–H groups in total. The molecule has 1 aliphatic rings. The maximum Gasteiger partial charge on any atom is 0.147 e. The molecular weight excluding hydrogens is 459 g/mol. The Morgan fingerprint density at radius 3 is 2.35 bits per heavy atom. The van der Waals surface area contributed by atoms with Gasteiger partial charge in [0.05, 0.1) is 28.1 Å². The summed E-state index contributed by atoms with van der Waals surface area (Å²) >= 11 is 0. The predicted octanol–water partition coefficient (Wildman–Crippen LogP) is 7.54. The molecule has 0 saturated carbocycles. The van der Waals surface area contributed by atoms with Gasteiger partial charge in [-0.3, -0.25) is 4.90 Å². The van der Waals surface area contributed by atoms with E-state index in [9.17, 15) is 4.39 Å². The number of para-hydroxylation sites is 1. The molecule has 0 fully saturated rings. The monoisotopic (exact) mass is 492 g/mol. The number of aromatic nitrogens is 3. The van der Waals surface area contributed by atoms with E-state index in [0.717, 1.165) is 54.0 Å². The van der Waals surface area contributed by atoms with E-state index in [1.54, 1.807) is 6.07 Å². The Morgan fingerprint density at radius 1 is 0.919 bits per heavy atom. The molecule has 0 spiro atoms. The van der Waals surface area contributed by atoms with Crippen LogP contribution in [-0.2, 0) is 31.5 Å². The first-order valence-electron chi connectivity index (χ1n) is 13.2. The minimum atomic E-state index is -0.254. The lowest BCUT2D eigenvalue weighted by Gasteiger charge is -2.32. The minimum absolute atomic E-state index is 0.235. The number of rotatable bonds is 6. The van der Waals surface area contributed by atoms with Crippen LogP contribution in [0.4, 0.5) is 4.39 Å². The third-order valence-corrected chi connectivity index (χ3v) is 8.02. The molecule has 6 rings (SSSR count). The third-order valence-electron chi connectivity index (χ3n) is 8.02. The summed E-state index contributed by atoms with van der Waals surface area (Å²) in [5.74, 6) is -0.235. The number of nitrogens with one attached hydrogen (secondary N) is 1. The molecule has 0 saturated heterocycles. The van der Waals surface area contributed by atoms with Crippen LogP contribution in [0.15, 0.2) is 72.9 Å². The lowest BCUT2D eigenvalue weighted by atomic mass is 9.97. The first kappa shape index (κ1) is 23.7. The summed E-state index contributed by atoms with van der Waals surface area (Å²) < 4.78 is 16.9. The summed E-state index contributed by atoms with van der Waals surface area (Å²) in [6.45, 7) is 10.6. The van der Waals surface area contributed by atoms with Crippen LogP contribution >= 0.6 is 0 Å². The van der Waals surface area contributed by atoms with Crippen LogP contribution in [0.1, 0.15) is 55.6 Å². The van der Waals surface area contributed by atoms with E-state index >= 15 is 0 Å². The van der Waals surface area contributed by atoms with Crippen LogP contribution in [0.25, 0.3) is 27.8 Å². The molecule has 0 amide bonds. The Balaban J connectivity index is 1.61. The summed E-state index contributed by atoms with van der Waals surface area (Å²) in [5.41, 5.74) is 9.68. The molecule has 2 aromatic heterocycles. The van der Waals surface area contributed by atoms with Crippen LogP contribution < -0.4 is 0 Å². The number of nitrogens with zero attached hydrogens (tertiary/aromatic N) is 3. The quantitative estimate of drug-likeness (QED) is 0.266. The maximum atomic E-state index is 14.7. The third kappa shape index (κ3) is 3.72. The van der Waals surface area contributed by atoms with Gasteiger partial charge in [0.2, 0.25) is 0 Å². The van der Waals surface area contributed by atoms with Crippen molar-refractivity contribution in [2.75, 3.05) is 0 Å². The van der Waals surface area contributed by atoms with Gasteiger partial charge in [-0.15, -0.1) is 0 Å². The number of aromatic amines is 1. The van der Waals surface area contributed by atoms with Gasteiger partial charge in [-0.05, 0) is 61.6 Å². The summed E-state index contributed by atoms with van der Waals surface area (Å²) in [4.78, 5) is 5.60. The minimum Gasteiger partial charge on any atom is -0.359 e. The number of hydrogen-bond acceptors (Lipinski definition) is 2. The smallest absolute Gasteiger partial charge is 0.147 e. The van der Waals surface area contributed by atoms with E-state index in [1.807, 2.05) is 18.3 Å². The summed E-state index contributed by atoms with van der Waals surface area (Å²) in [6, 6.07) is 22.6. The Morgan fingerprint density at radius 2 is 1.65 bits per heavy atom. The molecule has 0 bridgehead atoms. The molecule has 0 radical (unpaired) electrons. The number of H-pyrrole nitrogens is 1.